The maximum Gasteiger partial charge on any atom is 0.409 e. The number of rotatable bonds is 1. The van der Waals surface area contributed by atoms with Gasteiger partial charge in [0.05, 0.1) is 12.7 Å². The first kappa shape index (κ1) is 13.6. The van der Waals surface area contributed by atoms with Crippen LogP contribution in [0.3, 0.4) is 0 Å². The lowest BCUT2D eigenvalue weighted by atomic mass is 10.2. The molecule has 0 aromatic carbocycles. The zero-order valence-electron chi connectivity index (χ0n) is 10.5. The van der Waals surface area contributed by atoms with Crippen molar-refractivity contribution in [1.29, 1.82) is 0 Å². The molecule has 6 nitrogen and oxygen atoms in total. The Morgan fingerprint density at radius 1 is 1.21 bits per heavy atom. The molecule has 2 heterocycles. The molecule has 0 saturated carbocycles. The maximum absolute atomic E-state index is 12.2. The van der Waals surface area contributed by atoms with Crippen molar-refractivity contribution in [2.24, 2.45) is 0 Å². The third-order valence-electron chi connectivity index (χ3n) is 2.97. The van der Waals surface area contributed by atoms with Crippen molar-refractivity contribution >= 4 is 23.6 Å². The number of methoxy groups -OCH3 is 1. The van der Waals surface area contributed by atoms with Gasteiger partial charge in [-0.3, -0.25) is 4.79 Å². The number of pyridine rings is 1. The second kappa shape index (κ2) is 5.88. The number of amides is 2. The van der Waals surface area contributed by atoms with Crippen molar-refractivity contribution in [3.63, 3.8) is 0 Å². The Labute approximate surface area is 115 Å². The van der Waals surface area contributed by atoms with E-state index >= 15 is 0 Å². The summed E-state index contributed by atoms with van der Waals surface area (Å²) in [6, 6.07) is 3.23. The molecule has 1 aliphatic heterocycles. The van der Waals surface area contributed by atoms with Crippen LogP contribution in [0, 0.1) is 0 Å². The molecule has 102 valence electrons. The number of piperazine rings is 1. The molecule has 1 aromatic heterocycles. The van der Waals surface area contributed by atoms with Gasteiger partial charge in [-0.25, -0.2) is 9.78 Å². The van der Waals surface area contributed by atoms with E-state index in [0.29, 0.717) is 36.9 Å². The van der Waals surface area contributed by atoms with Gasteiger partial charge in [-0.1, -0.05) is 11.6 Å². The van der Waals surface area contributed by atoms with Gasteiger partial charge in [0.1, 0.15) is 5.15 Å². The summed E-state index contributed by atoms with van der Waals surface area (Å²) in [7, 11) is 1.35. The Hall–Kier alpha value is -1.82. The van der Waals surface area contributed by atoms with Crippen LogP contribution in [0.4, 0.5) is 4.79 Å². The standard InChI is InChI=1S/C12H14ClN3O3/c1-19-12(18)16-6-4-15(5-7-16)11(17)9-2-3-10(13)14-8-9/h2-3,8H,4-7H2,1H3. The van der Waals surface area contributed by atoms with Gasteiger partial charge in [0.25, 0.3) is 5.91 Å². The summed E-state index contributed by atoms with van der Waals surface area (Å²) in [5.74, 6) is -0.103. The van der Waals surface area contributed by atoms with Gasteiger partial charge >= 0.3 is 6.09 Å². The molecule has 1 saturated heterocycles. The molecule has 1 aliphatic rings. The van der Waals surface area contributed by atoms with E-state index in [9.17, 15) is 9.59 Å². The molecule has 19 heavy (non-hydrogen) atoms. The lowest BCUT2D eigenvalue weighted by Crippen LogP contribution is -2.50. The molecule has 7 heteroatoms. The van der Waals surface area contributed by atoms with Crippen LogP contribution in [0.1, 0.15) is 10.4 Å². The molecule has 0 bridgehead atoms. The van der Waals surface area contributed by atoms with Crippen LogP contribution in [-0.4, -0.2) is 60.1 Å². The molecule has 1 fully saturated rings. The van der Waals surface area contributed by atoms with Crippen molar-refractivity contribution in [1.82, 2.24) is 14.8 Å². The van der Waals surface area contributed by atoms with Gasteiger partial charge in [0, 0.05) is 32.4 Å². The molecule has 1 aromatic rings. The molecule has 0 spiro atoms. The summed E-state index contributed by atoms with van der Waals surface area (Å²) in [6.45, 7) is 1.91. The quantitative estimate of drug-likeness (QED) is 0.728. The number of aromatic nitrogens is 1. The van der Waals surface area contributed by atoms with Crippen molar-refractivity contribution in [3.8, 4) is 0 Å². The topological polar surface area (TPSA) is 62.7 Å². The lowest BCUT2D eigenvalue weighted by Gasteiger charge is -2.33. The SMILES string of the molecule is COC(=O)N1CCN(C(=O)c2ccc(Cl)nc2)CC1. The highest BCUT2D eigenvalue weighted by molar-refractivity contribution is 6.29. The minimum Gasteiger partial charge on any atom is -0.453 e. The van der Waals surface area contributed by atoms with Crippen LogP contribution < -0.4 is 0 Å². The van der Waals surface area contributed by atoms with E-state index in [0.717, 1.165) is 0 Å². The van der Waals surface area contributed by atoms with Crippen LogP contribution in [-0.2, 0) is 4.74 Å². The molecule has 0 N–H and O–H groups in total. The van der Waals surface area contributed by atoms with Gasteiger partial charge in [-0.2, -0.15) is 0 Å². The summed E-state index contributed by atoms with van der Waals surface area (Å²) < 4.78 is 4.64. The highest BCUT2D eigenvalue weighted by Gasteiger charge is 2.25. The third kappa shape index (κ3) is 3.14. The predicted molar refractivity (Wildman–Crippen MR) is 69.1 cm³/mol. The van der Waals surface area contributed by atoms with Gasteiger partial charge in [-0.15, -0.1) is 0 Å². The third-order valence-corrected chi connectivity index (χ3v) is 3.20. The van der Waals surface area contributed by atoms with Crippen LogP contribution in [0.2, 0.25) is 5.15 Å². The van der Waals surface area contributed by atoms with Crippen molar-refractivity contribution in [2.75, 3.05) is 33.3 Å². The Bertz CT molecular complexity index is 470. The molecule has 2 rings (SSSR count). The molecule has 0 aliphatic carbocycles. The summed E-state index contributed by atoms with van der Waals surface area (Å²) >= 11 is 5.68. The van der Waals surface area contributed by atoms with Crippen molar-refractivity contribution in [2.45, 2.75) is 0 Å². The fourth-order valence-corrected chi connectivity index (χ4v) is 2.02. The minimum absolute atomic E-state index is 0.103. The largest absolute Gasteiger partial charge is 0.453 e. The van der Waals surface area contributed by atoms with E-state index in [1.807, 2.05) is 0 Å². The van der Waals surface area contributed by atoms with Gasteiger partial charge in [-0.05, 0) is 12.1 Å². The summed E-state index contributed by atoms with van der Waals surface area (Å²) in [6.07, 6.45) is 1.09. The monoisotopic (exact) mass is 283 g/mol. The van der Waals surface area contributed by atoms with Gasteiger partial charge in [0.15, 0.2) is 0 Å². The molecule has 2 amide bonds. The first-order chi connectivity index (χ1) is 9.11. The Kier molecular flexibility index (Phi) is 4.21. The van der Waals surface area contributed by atoms with Crippen molar-refractivity contribution < 1.29 is 14.3 Å². The van der Waals surface area contributed by atoms with E-state index in [1.165, 1.54) is 13.3 Å². The Morgan fingerprint density at radius 2 is 1.84 bits per heavy atom. The van der Waals surface area contributed by atoms with Crippen LogP contribution >= 0.6 is 11.6 Å². The van der Waals surface area contributed by atoms with Crippen LogP contribution in [0.5, 0.6) is 0 Å². The molecule has 0 atom stereocenters. The maximum atomic E-state index is 12.2. The van der Waals surface area contributed by atoms with E-state index in [4.69, 9.17) is 11.6 Å². The molecule has 0 radical (unpaired) electrons. The minimum atomic E-state index is -0.361. The number of hydrogen-bond donors (Lipinski definition) is 0. The highest BCUT2D eigenvalue weighted by Crippen LogP contribution is 2.11. The van der Waals surface area contributed by atoms with Crippen LogP contribution in [0.15, 0.2) is 18.3 Å². The average Bonchev–Trinajstić information content (AvgIpc) is 2.46. The summed E-state index contributed by atoms with van der Waals surface area (Å²) in [5, 5.41) is 0.354. The molecular weight excluding hydrogens is 270 g/mol. The molecule has 0 unspecified atom stereocenters. The number of ether oxygens (including phenoxy) is 1. The van der Waals surface area contributed by atoms with Gasteiger partial charge < -0.3 is 14.5 Å². The summed E-state index contributed by atoms with van der Waals surface area (Å²) in [5.41, 5.74) is 0.496. The first-order valence-electron chi connectivity index (χ1n) is 5.85. The Balaban J connectivity index is 1.96. The zero-order chi connectivity index (χ0) is 13.8. The Morgan fingerprint density at radius 3 is 2.37 bits per heavy atom. The first-order valence-corrected chi connectivity index (χ1v) is 6.23. The van der Waals surface area contributed by atoms with Gasteiger partial charge in [0.2, 0.25) is 0 Å². The highest BCUT2D eigenvalue weighted by atomic mass is 35.5. The second-order valence-electron chi connectivity index (χ2n) is 4.12. The van der Waals surface area contributed by atoms with E-state index < -0.39 is 0 Å². The fourth-order valence-electron chi connectivity index (χ4n) is 1.91. The summed E-state index contributed by atoms with van der Waals surface area (Å²) in [4.78, 5) is 30.6. The number of nitrogens with zero attached hydrogens (tertiary/aromatic N) is 3. The average molecular weight is 284 g/mol. The normalized spacial score (nSPS) is 15.3. The zero-order valence-corrected chi connectivity index (χ0v) is 11.3. The fraction of sp³-hybridized carbons (Fsp3) is 0.417. The van der Waals surface area contributed by atoms with E-state index in [-0.39, 0.29) is 12.0 Å². The van der Waals surface area contributed by atoms with E-state index in [1.54, 1.807) is 21.9 Å². The number of carbonyl (C=O) groups is 2. The lowest BCUT2D eigenvalue weighted by molar-refractivity contribution is 0.0599. The second-order valence-corrected chi connectivity index (χ2v) is 4.51. The molecular formula is C12H14ClN3O3. The number of carbonyl (C=O) groups excluding carboxylic acids is 2. The number of halogens is 1. The van der Waals surface area contributed by atoms with E-state index in [2.05, 4.69) is 9.72 Å². The smallest absolute Gasteiger partial charge is 0.409 e. The predicted octanol–water partition coefficient (Wildman–Crippen LogP) is 1.26. The number of hydrogen-bond acceptors (Lipinski definition) is 4. The van der Waals surface area contributed by atoms with Crippen LogP contribution in [0.25, 0.3) is 0 Å². The van der Waals surface area contributed by atoms with Crippen molar-refractivity contribution in [3.05, 3.63) is 29.0 Å².